The van der Waals surface area contributed by atoms with E-state index in [0.717, 1.165) is 11.4 Å². The van der Waals surface area contributed by atoms with E-state index in [2.05, 4.69) is 9.97 Å². The van der Waals surface area contributed by atoms with Gasteiger partial charge in [0.05, 0.1) is 0 Å². The number of para-hydroxylation sites is 1. The second-order valence-corrected chi connectivity index (χ2v) is 5.42. The second kappa shape index (κ2) is 5.63. The lowest BCUT2D eigenvalue weighted by Crippen LogP contribution is -2.56. The van der Waals surface area contributed by atoms with Gasteiger partial charge in [0.1, 0.15) is 11.9 Å². The Morgan fingerprint density at radius 3 is 2.59 bits per heavy atom. The fourth-order valence-electron chi connectivity index (χ4n) is 2.77. The zero-order valence-electron chi connectivity index (χ0n) is 12.7. The lowest BCUT2D eigenvalue weighted by molar-refractivity contribution is -0.120. The highest BCUT2D eigenvalue weighted by Gasteiger charge is 2.33. The molecule has 0 unspecified atom stereocenters. The summed E-state index contributed by atoms with van der Waals surface area (Å²) in [6.07, 6.45) is 0. The number of benzene rings is 1. The Hall–Kier alpha value is -2.63. The van der Waals surface area contributed by atoms with Crippen molar-refractivity contribution in [3.8, 4) is 0 Å². The summed E-state index contributed by atoms with van der Waals surface area (Å²) >= 11 is 0. The van der Waals surface area contributed by atoms with Crippen LogP contribution in [0.2, 0.25) is 0 Å². The highest BCUT2D eigenvalue weighted by molar-refractivity contribution is 5.99. The standard InChI is InChI=1S/C16H19N5O/c1-11-10-14(19-16(17)18-11)20-8-9-21(15(22)12(20)2)13-6-4-3-5-7-13/h3-7,10,12H,8-9H2,1-2H3,(H2,17,18,19)/t12-/m1/s1. The van der Waals surface area contributed by atoms with Crippen molar-refractivity contribution in [1.29, 1.82) is 0 Å². The minimum Gasteiger partial charge on any atom is -0.368 e. The molecule has 1 fully saturated rings. The molecule has 6 nitrogen and oxygen atoms in total. The van der Waals surface area contributed by atoms with Gasteiger partial charge in [-0.25, -0.2) is 4.98 Å². The smallest absolute Gasteiger partial charge is 0.249 e. The molecule has 22 heavy (non-hydrogen) atoms. The lowest BCUT2D eigenvalue weighted by atomic mass is 10.1. The first-order valence-corrected chi connectivity index (χ1v) is 7.30. The minimum atomic E-state index is -0.289. The number of hydrogen-bond donors (Lipinski definition) is 1. The molecular formula is C16H19N5O. The summed E-state index contributed by atoms with van der Waals surface area (Å²) in [6.45, 7) is 5.09. The Kier molecular flexibility index (Phi) is 3.66. The van der Waals surface area contributed by atoms with E-state index in [4.69, 9.17) is 5.73 Å². The van der Waals surface area contributed by atoms with Gasteiger partial charge < -0.3 is 15.5 Å². The quantitative estimate of drug-likeness (QED) is 0.911. The fourth-order valence-corrected chi connectivity index (χ4v) is 2.77. The lowest BCUT2D eigenvalue weighted by Gasteiger charge is -2.39. The molecular weight excluding hydrogens is 278 g/mol. The number of nitrogen functional groups attached to an aromatic ring is 1. The number of anilines is 3. The Labute approximate surface area is 129 Å². The third-order valence-corrected chi connectivity index (χ3v) is 3.88. The Balaban J connectivity index is 1.86. The maximum atomic E-state index is 12.7. The molecule has 2 aromatic rings. The van der Waals surface area contributed by atoms with Crippen LogP contribution in [0, 0.1) is 6.92 Å². The summed E-state index contributed by atoms with van der Waals surface area (Å²) in [5.74, 6) is 1.01. The zero-order valence-corrected chi connectivity index (χ0v) is 12.7. The van der Waals surface area contributed by atoms with Gasteiger partial charge in [-0.15, -0.1) is 0 Å². The van der Waals surface area contributed by atoms with Crippen LogP contribution in [-0.4, -0.2) is 35.0 Å². The average Bonchev–Trinajstić information content (AvgIpc) is 2.50. The molecule has 1 aliphatic heterocycles. The molecule has 1 atom stereocenters. The molecule has 2 heterocycles. The van der Waals surface area contributed by atoms with Gasteiger partial charge in [-0.2, -0.15) is 4.98 Å². The van der Waals surface area contributed by atoms with Crippen LogP contribution in [0.3, 0.4) is 0 Å². The first-order valence-electron chi connectivity index (χ1n) is 7.30. The summed E-state index contributed by atoms with van der Waals surface area (Å²) in [6, 6.07) is 11.3. The van der Waals surface area contributed by atoms with Gasteiger partial charge in [-0.1, -0.05) is 18.2 Å². The summed E-state index contributed by atoms with van der Waals surface area (Å²) in [4.78, 5) is 24.8. The number of aryl methyl sites for hydroxylation is 1. The van der Waals surface area contributed by atoms with Crippen molar-refractivity contribution in [2.24, 2.45) is 0 Å². The van der Waals surface area contributed by atoms with E-state index in [1.807, 2.05) is 60.0 Å². The largest absolute Gasteiger partial charge is 0.368 e. The number of nitrogens with zero attached hydrogens (tertiary/aromatic N) is 4. The molecule has 1 aromatic carbocycles. The number of hydrogen-bond acceptors (Lipinski definition) is 5. The van der Waals surface area contributed by atoms with Gasteiger partial charge in [0.25, 0.3) is 0 Å². The Morgan fingerprint density at radius 1 is 1.18 bits per heavy atom. The predicted molar refractivity (Wildman–Crippen MR) is 86.8 cm³/mol. The van der Waals surface area contributed by atoms with E-state index in [-0.39, 0.29) is 17.9 Å². The molecule has 0 radical (unpaired) electrons. The van der Waals surface area contributed by atoms with Crippen LogP contribution < -0.4 is 15.5 Å². The number of aromatic nitrogens is 2. The molecule has 1 aliphatic rings. The molecule has 0 bridgehead atoms. The first kappa shape index (κ1) is 14.3. The molecule has 0 spiro atoms. The molecule has 1 saturated heterocycles. The number of carbonyl (C=O) groups is 1. The van der Waals surface area contributed by atoms with Gasteiger partial charge in [-0.05, 0) is 26.0 Å². The van der Waals surface area contributed by atoms with Crippen LogP contribution in [0.4, 0.5) is 17.5 Å². The van der Waals surface area contributed by atoms with Crippen molar-refractivity contribution >= 4 is 23.4 Å². The van der Waals surface area contributed by atoms with Crippen molar-refractivity contribution in [2.45, 2.75) is 19.9 Å². The minimum absolute atomic E-state index is 0.0623. The monoisotopic (exact) mass is 297 g/mol. The maximum Gasteiger partial charge on any atom is 0.249 e. The summed E-state index contributed by atoms with van der Waals surface area (Å²) in [5.41, 5.74) is 7.45. The Bertz CT molecular complexity index is 668. The molecule has 0 aliphatic carbocycles. The van der Waals surface area contributed by atoms with Gasteiger partial charge in [0, 0.05) is 30.5 Å². The first-order chi connectivity index (χ1) is 10.6. The van der Waals surface area contributed by atoms with Crippen LogP contribution in [0.1, 0.15) is 12.6 Å². The molecule has 6 heteroatoms. The van der Waals surface area contributed by atoms with Crippen LogP contribution in [0.5, 0.6) is 0 Å². The summed E-state index contributed by atoms with van der Waals surface area (Å²) < 4.78 is 0. The van der Waals surface area contributed by atoms with E-state index < -0.39 is 0 Å². The van der Waals surface area contributed by atoms with Gasteiger partial charge >= 0.3 is 0 Å². The van der Waals surface area contributed by atoms with E-state index in [1.165, 1.54) is 0 Å². The molecule has 114 valence electrons. The molecule has 0 saturated carbocycles. The van der Waals surface area contributed by atoms with Crippen LogP contribution >= 0.6 is 0 Å². The number of piperazine rings is 1. The average molecular weight is 297 g/mol. The van der Waals surface area contributed by atoms with Gasteiger partial charge in [0.2, 0.25) is 11.9 Å². The van der Waals surface area contributed by atoms with E-state index >= 15 is 0 Å². The van der Waals surface area contributed by atoms with E-state index in [0.29, 0.717) is 18.9 Å². The number of amides is 1. The molecule has 1 amide bonds. The highest BCUT2D eigenvalue weighted by Crippen LogP contribution is 2.24. The normalized spacial score (nSPS) is 18.6. The summed E-state index contributed by atoms with van der Waals surface area (Å²) in [7, 11) is 0. The van der Waals surface area contributed by atoms with Gasteiger partial charge in [-0.3, -0.25) is 4.79 Å². The SMILES string of the molecule is Cc1cc(N2CCN(c3ccccc3)C(=O)[C@H]2C)nc(N)n1. The molecule has 1 aromatic heterocycles. The van der Waals surface area contributed by atoms with Crippen molar-refractivity contribution in [1.82, 2.24) is 9.97 Å². The second-order valence-electron chi connectivity index (χ2n) is 5.42. The van der Waals surface area contributed by atoms with Crippen LogP contribution in [-0.2, 0) is 4.79 Å². The Morgan fingerprint density at radius 2 is 1.91 bits per heavy atom. The summed E-state index contributed by atoms with van der Waals surface area (Å²) in [5, 5.41) is 0. The number of carbonyl (C=O) groups excluding carboxylic acids is 1. The van der Waals surface area contributed by atoms with Crippen molar-refractivity contribution in [2.75, 3.05) is 28.6 Å². The van der Waals surface area contributed by atoms with Crippen LogP contribution in [0.15, 0.2) is 36.4 Å². The zero-order chi connectivity index (χ0) is 15.7. The fraction of sp³-hybridized carbons (Fsp3) is 0.312. The van der Waals surface area contributed by atoms with Gasteiger partial charge in [0.15, 0.2) is 0 Å². The predicted octanol–water partition coefficient (Wildman–Crippen LogP) is 1.61. The van der Waals surface area contributed by atoms with Crippen molar-refractivity contribution < 1.29 is 4.79 Å². The molecule has 3 rings (SSSR count). The van der Waals surface area contributed by atoms with Crippen molar-refractivity contribution in [3.05, 3.63) is 42.1 Å². The van der Waals surface area contributed by atoms with E-state index in [1.54, 1.807) is 0 Å². The third-order valence-electron chi connectivity index (χ3n) is 3.88. The number of rotatable bonds is 2. The number of nitrogens with two attached hydrogens (primary N) is 1. The van der Waals surface area contributed by atoms with Crippen molar-refractivity contribution in [3.63, 3.8) is 0 Å². The maximum absolute atomic E-state index is 12.7. The third kappa shape index (κ3) is 2.59. The topological polar surface area (TPSA) is 75.3 Å². The van der Waals surface area contributed by atoms with E-state index in [9.17, 15) is 4.79 Å². The van der Waals surface area contributed by atoms with Crippen LogP contribution in [0.25, 0.3) is 0 Å². The highest BCUT2D eigenvalue weighted by atomic mass is 16.2. The molecule has 2 N–H and O–H groups in total.